The summed E-state index contributed by atoms with van der Waals surface area (Å²) in [6, 6.07) is 18.0. The average molecular weight is 347 g/mol. The van der Waals surface area contributed by atoms with Gasteiger partial charge in [0, 0.05) is 37.6 Å². The van der Waals surface area contributed by atoms with Crippen LogP contribution >= 0.6 is 0 Å². The molecule has 0 aliphatic carbocycles. The first-order valence-electron chi connectivity index (χ1n) is 10.3. The third-order valence-corrected chi connectivity index (χ3v) is 5.70. The molecule has 2 aliphatic heterocycles. The molecule has 0 atom stereocenters. The van der Waals surface area contributed by atoms with Crippen molar-refractivity contribution in [1.82, 2.24) is 0 Å². The first kappa shape index (κ1) is 17.2. The average Bonchev–Trinajstić information content (AvgIpc) is 2.74. The van der Waals surface area contributed by atoms with E-state index in [0.29, 0.717) is 0 Å². The van der Waals surface area contributed by atoms with Gasteiger partial charge in [-0.15, -0.1) is 0 Å². The lowest BCUT2D eigenvalue weighted by Crippen LogP contribution is -2.29. The second kappa shape index (κ2) is 8.44. The molecular weight excluding hydrogens is 316 g/mol. The normalized spacial score (nSPS) is 18.5. The van der Waals surface area contributed by atoms with Gasteiger partial charge in [-0.1, -0.05) is 36.4 Å². The summed E-state index contributed by atoms with van der Waals surface area (Å²) in [4.78, 5) is 5.02. The van der Waals surface area contributed by atoms with Crippen LogP contribution in [0.15, 0.2) is 48.5 Å². The van der Waals surface area contributed by atoms with Crippen LogP contribution in [0.4, 0.5) is 11.4 Å². The molecule has 2 heterocycles. The van der Waals surface area contributed by atoms with Gasteiger partial charge >= 0.3 is 0 Å². The van der Waals surface area contributed by atoms with Gasteiger partial charge < -0.3 is 9.80 Å². The summed E-state index contributed by atoms with van der Waals surface area (Å²) in [5.74, 6) is 0. The van der Waals surface area contributed by atoms with E-state index in [1.165, 1.54) is 87.2 Å². The molecule has 26 heavy (non-hydrogen) atoms. The molecule has 2 aromatic rings. The molecule has 0 radical (unpaired) electrons. The predicted molar refractivity (Wildman–Crippen MR) is 114 cm³/mol. The maximum absolute atomic E-state index is 2.51. The van der Waals surface area contributed by atoms with Crippen LogP contribution < -0.4 is 9.80 Å². The molecule has 2 aromatic carbocycles. The van der Waals surface area contributed by atoms with Gasteiger partial charge in [0.2, 0.25) is 0 Å². The van der Waals surface area contributed by atoms with Crippen molar-refractivity contribution >= 4 is 23.5 Å². The summed E-state index contributed by atoms with van der Waals surface area (Å²) in [6.07, 6.45) is 12.5. The topological polar surface area (TPSA) is 6.48 Å². The Kier molecular flexibility index (Phi) is 5.59. The number of rotatable bonds is 4. The van der Waals surface area contributed by atoms with Crippen LogP contribution in [0.5, 0.6) is 0 Å². The van der Waals surface area contributed by atoms with E-state index in [-0.39, 0.29) is 0 Å². The fraction of sp³-hybridized carbons (Fsp3) is 0.417. The molecule has 2 fully saturated rings. The van der Waals surface area contributed by atoms with Crippen LogP contribution in [0.1, 0.15) is 49.7 Å². The van der Waals surface area contributed by atoms with Crippen molar-refractivity contribution in [3.8, 4) is 0 Å². The van der Waals surface area contributed by atoms with Crippen molar-refractivity contribution in [3.63, 3.8) is 0 Å². The van der Waals surface area contributed by atoms with Gasteiger partial charge in [-0.3, -0.25) is 0 Å². The zero-order valence-electron chi connectivity index (χ0n) is 15.7. The van der Waals surface area contributed by atoms with Crippen LogP contribution in [-0.2, 0) is 0 Å². The summed E-state index contributed by atoms with van der Waals surface area (Å²) >= 11 is 0. The lowest BCUT2D eigenvalue weighted by atomic mass is 10.1. The highest BCUT2D eigenvalue weighted by Crippen LogP contribution is 2.22. The monoisotopic (exact) mass is 346 g/mol. The van der Waals surface area contributed by atoms with Crippen LogP contribution in [-0.4, -0.2) is 26.2 Å². The molecule has 136 valence electrons. The van der Waals surface area contributed by atoms with Gasteiger partial charge in [-0.05, 0) is 73.9 Å². The van der Waals surface area contributed by atoms with Crippen LogP contribution in [0.25, 0.3) is 12.2 Å². The SMILES string of the molecule is C(=Cc1ccc(N2CCCCC2)cc1)c1ccc(N2CCCCC2)cc1. The van der Waals surface area contributed by atoms with Gasteiger partial charge in [0.15, 0.2) is 0 Å². The second-order valence-corrected chi connectivity index (χ2v) is 7.61. The molecular formula is C24H30N2. The Morgan fingerprint density at radius 2 is 0.808 bits per heavy atom. The van der Waals surface area contributed by atoms with Crippen LogP contribution in [0.3, 0.4) is 0 Å². The number of hydrogen-bond donors (Lipinski definition) is 0. The molecule has 2 saturated heterocycles. The van der Waals surface area contributed by atoms with Crippen molar-refractivity contribution in [1.29, 1.82) is 0 Å². The molecule has 0 spiro atoms. The molecule has 0 unspecified atom stereocenters. The standard InChI is InChI=1S/C24H30N2/c1-3-17-25(18-4-1)23-13-9-21(10-14-23)7-8-22-11-15-24(16-12-22)26-19-5-2-6-20-26/h7-16H,1-6,17-20H2. The lowest BCUT2D eigenvalue weighted by molar-refractivity contribution is 0.578. The summed E-state index contributed by atoms with van der Waals surface area (Å²) in [6.45, 7) is 4.83. The van der Waals surface area contributed by atoms with E-state index in [1.54, 1.807) is 0 Å². The smallest absolute Gasteiger partial charge is 0.0366 e. The molecule has 4 rings (SSSR count). The Hall–Kier alpha value is -2.22. The van der Waals surface area contributed by atoms with Crippen LogP contribution in [0.2, 0.25) is 0 Å². The van der Waals surface area contributed by atoms with Gasteiger partial charge in [0.05, 0.1) is 0 Å². The predicted octanol–water partition coefficient (Wildman–Crippen LogP) is 5.84. The Balaban J connectivity index is 1.37. The molecule has 0 bridgehead atoms. The van der Waals surface area contributed by atoms with E-state index in [0.717, 1.165) is 0 Å². The molecule has 0 aromatic heterocycles. The highest BCUT2D eigenvalue weighted by Gasteiger charge is 2.11. The van der Waals surface area contributed by atoms with Gasteiger partial charge in [0.25, 0.3) is 0 Å². The van der Waals surface area contributed by atoms with Crippen molar-refractivity contribution < 1.29 is 0 Å². The van der Waals surface area contributed by atoms with Gasteiger partial charge in [-0.2, -0.15) is 0 Å². The molecule has 0 N–H and O–H groups in total. The summed E-state index contributed by atoms with van der Waals surface area (Å²) in [5.41, 5.74) is 5.28. The molecule has 2 heteroatoms. The Bertz CT molecular complexity index is 639. The maximum Gasteiger partial charge on any atom is 0.0366 e. The van der Waals surface area contributed by atoms with Crippen molar-refractivity contribution in [3.05, 3.63) is 59.7 Å². The van der Waals surface area contributed by atoms with Gasteiger partial charge in [-0.25, -0.2) is 0 Å². The van der Waals surface area contributed by atoms with Crippen molar-refractivity contribution in [2.24, 2.45) is 0 Å². The number of nitrogens with zero attached hydrogens (tertiary/aromatic N) is 2. The minimum absolute atomic E-state index is 1.21. The Morgan fingerprint density at radius 3 is 1.15 bits per heavy atom. The summed E-state index contributed by atoms with van der Waals surface area (Å²) in [7, 11) is 0. The Labute approximate surface area is 158 Å². The second-order valence-electron chi connectivity index (χ2n) is 7.61. The Morgan fingerprint density at radius 1 is 0.462 bits per heavy atom. The van der Waals surface area contributed by atoms with E-state index in [2.05, 4.69) is 70.5 Å². The van der Waals surface area contributed by atoms with Gasteiger partial charge in [0.1, 0.15) is 0 Å². The highest BCUT2D eigenvalue weighted by molar-refractivity contribution is 5.71. The molecule has 0 amide bonds. The number of piperidine rings is 2. The molecule has 0 saturated carbocycles. The number of anilines is 2. The van der Waals surface area contributed by atoms with E-state index in [9.17, 15) is 0 Å². The minimum Gasteiger partial charge on any atom is -0.372 e. The third kappa shape index (κ3) is 4.30. The zero-order chi connectivity index (χ0) is 17.6. The van der Waals surface area contributed by atoms with Crippen LogP contribution in [0, 0.1) is 0 Å². The van der Waals surface area contributed by atoms with E-state index in [4.69, 9.17) is 0 Å². The summed E-state index contributed by atoms with van der Waals surface area (Å²) < 4.78 is 0. The first-order valence-corrected chi connectivity index (χ1v) is 10.3. The first-order chi connectivity index (χ1) is 12.9. The highest BCUT2D eigenvalue weighted by atomic mass is 15.1. The van der Waals surface area contributed by atoms with E-state index < -0.39 is 0 Å². The maximum atomic E-state index is 2.51. The quantitative estimate of drug-likeness (QED) is 0.642. The molecule has 2 aliphatic rings. The number of benzene rings is 2. The third-order valence-electron chi connectivity index (χ3n) is 5.70. The largest absolute Gasteiger partial charge is 0.372 e. The fourth-order valence-electron chi connectivity index (χ4n) is 4.09. The zero-order valence-corrected chi connectivity index (χ0v) is 15.7. The lowest BCUT2D eigenvalue weighted by Gasteiger charge is -2.28. The fourth-order valence-corrected chi connectivity index (χ4v) is 4.09. The van der Waals surface area contributed by atoms with E-state index >= 15 is 0 Å². The molecule has 2 nitrogen and oxygen atoms in total. The minimum atomic E-state index is 1.21. The van der Waals surface area contributed by atoms with E-state index in [1.807, 2.05) is 0 Å². The van der Waals surface area contributed by atoms with Crippen molar-refractivity contribution in [2.75, 3.05) is 36.0 Å². The van der Waals surface area contributed by atoms with Crippen molar-refractivity contribution in [2.45, 2.75) is 38.5 Å². The summed E-state index contributed by atoms with van der Waals surface area (Å²) in [5, 5.41) is 0. The number of hydrogen-bond acceptors (Lipinski definition) is 2.